The number of amides is 1. The number of rotatable bonds is 3. The van der Waals surface area contributed by atoms with Crippen LogP contribution in [0.1, 0.15) is 12.8 Å². The Morgan fingerprint density at radius 3 is 2.93 bits per heavy atom. The number of anilines is 1. The van der Waals surface area contributed by atoms with Crippen LogP contribution in [-0.4, -0.2) is 5.91 Å². The average Bonchev–Trinajstić information content (AvgIpc) is 2.20. The Morgan fingerprint density at radius 1 is 1.60 bits per heavy atom. The topological polar surface area (TPSA) is 29.1 Å². The van der Waals surface area contributed by atoms with Gasteiger partial charge in [0.25, 0.3) is 0 Å². The van der Waals surface area contributed by atoms with Crippen LogP contribution >= 0.6 is 27.5 Å². The van der Waals surface area contributed by atoms with Crippen molar-refractivity contribution in [1.82, 2.24) is 0 Å². The van der Waals surface area contributed by atoms with Crippen LogP contribution in [0.4, 0.5) is 5.69 Å². The van der Waals surface area contributed by atoms with Crippen LogP contribution in [0.3, 0.4) is 0 Å². The highest BCUT2D eigenvalue weighted by molar-refractivity contribution is 9.10. The van der Waals surface area contributed by atoms with E-state index in [9.17, 15) is 4.79 Å². The molecule has 0 atom stereocenters. The van der Waals surface area contributed by atoms with Crippen molar-refractivity contribution in [1.29, 1.82) is 0 Å². The van der Waals surface area contributed by atoms with Gasteiger partial charge < -0.3 is 5.32 Å². The van der Waals surface area contributed by atoms with Gasteiger partial charge in [-0.15, -0.1) is 12.3 Å². The minimum Gasteiger partial charge on any atom is -0.326 e. The Morgan fingerprint density at radius 2 is 2.33 bits per heavy atom. The lowest BCUT2D eigenvalue weighted by molar-refractivity contribution is -0.116. The molecule has 78 valence electrons. The number of nitrogens with one attached hydrogen (secondary N) is 1. The zero-order valence-corrected chi connectivity index (χ0v) is 10.2. The van der Waals surface area contributed by atoms with Crippen LogP contribution < -0.4 is 5.32 Å². The second-order valence-corrected chi connectivity index (χ2v) is 4.14. The maximum Gasteiger partial charge on any atom is 0.225 e. The van der Waals surface area contributed by atoms with E-state index in [0.29, 0.717) is 23.6 Å². The maximum absolute atomic E-state index is 11.3. The van der Waals surface area contributed by atoms with Gasteiger partial charge in [0, 0.05) is 23.0 Å². The van der Waals surface area contributed by atoms with Gasteiger partial charge in [0.2, 0.25) is 5.91 Å². The van der Waals surface area contributed by atoms with E-state index in [0.717, 1.165) is 4.47 Å². The first-order valence-corrected chi connectivity index (χ1v) is 5.49. The number of terminal acetylenes is 1. The van der Waals surface area contributed by atoms with Gasteiger partial charge in [-0.05, 0) is 34.1 Å². The molecule has 0 saturated heterocycles. The molecule has 1 N–H and O–H groups in total. The highest BCUT2D eigenvalue weighted by Crippen LogP contribution is 2.25. The molecule has 1 aromatic carbocycles. The lowest BCUT2D eigenvalue weighted by Crippen LogP contribution is -2.10. The summed E-state index contributed by atoms with van der Waals surface area (Å²) in [5, 5.41) is 3.33. The van der Waals surface area contributed by atoms with Crippen LogP contribution in [-0.2, 0) is 4.79 Å². The molecule has 0 spiro atoms. The summed E-state index contributed by atoms with van der Waals surface area (Å²) in [6.07, 6.45) is 5.83. The highest BCUT2D eigenvalue weighted by Gasteiger charge is 2.03. The van der Waals surface area contributed by atoms with Gasteiger partial charge in [0.05, 0.1) is 5.02 Å². The van der Waals surface area contributed by atoms with Crippen LogP contribution in [0, 0.1) is 12.3 Å². The van der Waals surface area contributed by atoms with Crippen molar-refractivity contribution in [2.45, 2.75) is 12.8 Å². The molecule has 0 unspecified atom stereocenters. The van der Waals surface area contributed by atoms with E-state index < -0.39 is 0 Å². The number of carbonyl (C=O) groups is 1. The van der Waals surface area contributed by atoms with E-state index in [-0.39, 0.29) is 5.91 Å². The molecule has 0 saturated carbocycles. The Bertz CT molecular complexity index is 412. The summed E-state index contributed by atoms with van der Waals surface area (Å²) in [5.41, 5.74) is 0.702. The third kappa shape index (κ3) is 3.94. The number of carbonyl (C=O) groups excluding carboxylic acids is 1. The first-order chi connectivity index (χ1) is 7.13. The molecule has 0 heterocycles. The quantitative estimate of drug-likeness (QED) is 0.847. The number of halogens is 2. The lowest BCUT2D eigenvalue weighted by Gasteiger charge is -2.05. The molecule has 1 aromatic rings. The second-order valence-electron chi connectivity index (χ2n) is 2.88. The van der Waals surface area contributed by atoms with Gasteiger partial charge >= 0.3 is 0 Å². The van der Waals surface area contributed by atoms with Crippen LogP contribution in [0.5, 0.6) is 0 Å². The van der Waals surface area contributed by atoms with E-state index in [1.165, 1.54) is 0 Å². The molecule has 0 aliphatic rings. The number of hydrogen-bond donors (Lipinski definition) is 1. The summed E-state index contributed by atoms with van der Waals surface area (Å²) < 4.78 is 0.749. The van der Waals surface area contributed by atoms with Crippen LogP contribution in [0.25, 0.3) is 0 Å². The predicted molar refractivity (Wildman–Crippen MR) is 65.8 cm³/mol. The molecule has 1 rings (SSSR count). The molecule has 0 aromatic heterocycles. The van der Waals surface area contributed by atoms with Crippen molar-refractivity contribution in [2.24, 2.45) is 0 Å². The van der Waals surface area contributed by atoms with Gasteiger partial charge in [-0.25, -0.2) is 0 Å². The summed E-state index contributed by atoms with van der Waals surface area (Å²) >= 11 is 9.09. The van der Waals surface area contributed by atoms with Crippen molar-refractivity contribution in [3.63, 3.8) is 0 Å². The van der Waals surface area contributed by atoms with Crippen molar-refractivity contribution in [3.05, 3.63) is 27.7 Å². The fourth-order valence-electron chi connectivity index (χ4n) is 0.983. The molecule has 2 nitrogen and oxygen atoms in total. The first-order valence-electron chi connectivity index (χ1n) is 4.32. The van der Waals surface area contributed by atoms with E-state index >= 15 is 0 Å². The maximum atomic E-state index is 11.3. The van der Waals surface area contributed by atoms with E-state index in [1.54, 1.807) is 18.2 Å². The molecule has 0 aliphatic heterocycles. The molecule has 1 amide bonds. The normalized spacial score (nSPS) is 9.40. The SMILES string of the molecule is C#CCCC(=O)Nc1ccc(Cl)c(Br)c1. The highest BCUT2D eigenvalue weighted by atomic mass is 79.9. The molecule has 0 fully saturated rings. The monoisotopic (exact) mass is 285 g/mol. The molecular weight excluding hydrogens is 277 g/mol. The zero-order chi connectivity index (χ0) is 11.3. The van der Waals surface area contributed by atoms with Gasteiger partial charge in [0.15, 0.2) is 0 Å². The molecule has 0 aliphatic carbocycles. The third-order valence-electron chi connectivity index (χ3n) is 1.70. The largest absolute Gasteiger partial charge is 0.326 e. The Hall–Kier alpha value is -0.980. The minimum absolute atomic E-state index is 0.0952. The third-order valence-corrected chi connectivity index (χ3v) is 2.91. The second kappa shape index (κ2) is 5.79. The Balaban J connectivity index is 2.62. The summed E-state index contributed by atoms with van der Waals surface area (Å²) in [7, 11) is 0. The summed E-state index contributed by atoms with van der Waals surface area (Å²) in [4.78, 5) is 11.3. The van der Waals surface area contributed by atoms with Crippen molar-refractivity contribution in [3.8, 4) is 12.3 Å². The van der Waals surface area contributed by atoms with E-state index in [4.69, 9.17) is 18.0 Å². The van der Waals surface area contributed by atoms with Crippen molar-refractivity contribution < 1.29 is 4.79 Å². The number of benzene rings is 1. The van der Waals surface area contributed by atoms with E-state index in [1.807, 2.05) is 0 Å². The van der Waals surface area contributed by atoms with E-state index in [2.05, 4.69) is 27.2 Å². The molecule has 15 heavy (non-hydrogen) atoms. The summed E-state index contributed by atoms with van der Waals surface area (Å²) in [6.45, 7) is 0. The molecule has 4 heteroatoms. The van der Waals surface area contributed by atoms with Gasteiger partial charge in [-0.2, -0.15) is 0 Å². The smallest absolute Gasteiger partial charge is 0.225 e. The number of hydrogen-bond acceptors (Lipinski definition) is 1. The summed E-state index contributed by atoms with van der Waals surface area (Å²) in [6, 6.07) is 5.19. The molecule has 0 bridgehead atoms. The molecule has 0 radical (unpaired) electrons. The van der Waals surface area contributed by atoms with Gasteiger partial charge in [-0.3, -0.25) is 4.79 Å². The lowest BCUT2D eigenvalue weighted by atomic mass is 10.2. The zero-order valence-electron chi connectivity index (χ0n) is 7.89. The fourth-order valence-corrected chi connectivity index (χ4v) is 1.48. The van der Waals surface area contributed by atoms with Gasteiger partial charge in [0.1, 0.15) is 0 Å². The van der Waals surface area contributed by atoms with Crippen molar-refractivity contribution >= 4 is 39.1 Å². The fraction of sp³-hybridized carbons (Fsp3) is 0.182. The first kappa shape index (κ1) is 12.1. The van der Waals surface area contributed by atoms with Crippen LogP contribution in [0.2, 0.25) is 5.02 Å². The average molecular weight is 287 g/mol. The Kier molecular flexibility index (Phi) is 4.67. The van der Waals surface area contributed by atoms with Crippen LogP contribution in [0.15, 0.2) is 22.7 Å². The van der Waals surface area contributed by atoms with Gasteiger partial charge in [-0.1, -0.05) is 11.6 Å². The minimum atomic E-state index is -0.0952. The Labute approximate surface area is 102 Å². The van der Waals surface area contributed by atoms with Crippen molar-refractivity contribution in [2.75, 3.05) is 5.32 Å². The predicted octanol–water partition coefficient (Wildman–Crippen LogP) is 3.45. The summed E-state index contributed by atoms with van der Waals surface area (Å²) in [5.74, 6) is 2.32. The standard InChI is InChI=1S/C11H9BrClNO/c1-2-3-4-11(15)14-8-5-6-10(13)9(12)7-8/h1,5-7H,3-4H2,(H,14,15). The molecular formula is C11H9BrClNO.